The molecule has 0 bridgehead atoms. The number of aromatic nitrogens is 2. The molecule has 2 N–H and O–H groups in total. The second kappa shape index (κ2) is 5.49. The van der Waals surface area contributed by atoms with E-state index in [4.69, 9.17) is 10.5 Å². The van der Waals surface area contributed by atoms with Gasteiger partial charge in [0.2, 0.25) is 0 Å². The molecular weight excluding hydrogens is 250 g/mol. The van der Waals surface area contributed by atoms with Crippen LogP contribution in [0.2, 0.25) is 0 Å². The van der Waals surface area contributed by atoms with E-state index in [0.717, 1.165) is 19.6 Å². The normalized spacial score (nSPS) is 28.6. The Bertz CT molecular complexity index is 438. The van der Waals surface area contributed by atoms with Crippen LogP contribution in [0.25, 0.3) is 0 Å². The van der Waals surface area contributed by atoms with E-state index in [9.17, 15) is 0 Å². The van der Waals surface area contributed by atoms with Crippen molar-refractivity contribution in [3.05, 3.63) is 18.2 Å². The van der Waals surface area contributed by atoms with Crippen molar-refractivity contribution in [3.8, 4) is 0 Å². The average Bonchev–Trinajstić information content (AvgIpc) is 3.09. The van der Waals surface area contributed by atoms with Gasteiger partial charge in [0.15, 0.2) is 0 Å². The lowest BCUT2D eigenvalue weighted by atomic mass is 9.75. The van der Waals surface area contributed by atoms with Gasteiger partial charge in [-0.15, -0.1) is 0 Å². The maximum Gasteiger partial charge on any atom is 0.0951 e. The molecule has 1 aromatic heterocycles. The molecule has 4 nitrogen and oxygen atoms in total. The summed E-state index contributed by atoms with van der Waals surface area (Å²) in [6.07, 6.45) is 10.1. The highest BCUT2D eigenvalue weighted by molar-refractivity contribution is 5.09. The van der Waals surface area contributed by atoms with E-state index in [1.165, 1.54) is 31.4 Å². The Hall–Kier alpha value is -0.870. The minimum Gasteiger partial charge on any atom is -0.381 e. The third-order valence-electron chi connectivity index (χ3n) is 5.21. The molecule has 2 aliphatic rings. The number of rotatable bonds is 3. The third-order valence-corrected chi connectivity index (χ3v) is 5.21. The summed E-state index contributed by atoms with van der Waals surface area (Å²) in [7, 11) is 0. The van der Waals surface area contributed by atoms with Crippen LogP contribution in [0.5, 0.6) is 0 Å². The minimum absolute atomic E-state index is 0.0648. The molecular formula is C16H27N3O. The Balaban J connectivity index is 1.73. The van der Waals surface area contributed by atoms with Crippen LogP contribution in [0.1, 0.15) is 63.7 Å². The fourth-order valence-corrected chi connectivity index (χ4v) is 3.62. The maximum absolute atomic E-state index is 6.46. The molecule has 2 heterocycles. The van der Waals surface area contributed by atoms with Crippen molar-refractivity contribution >= 4 is 0 Å². The summed E-state index contributed by atoms with van der Waals surface area (Å²) in [4.78, 5) is 4.37. The van der Waals surface area contributed by atoms with Crippen molar-refractivity contribution in [2.24, 2.45) is 17.1 Å². The lowest BCUT2D eigenvalue weighted by molar-refractivity contribution is 0.176. The predicted molar refractivity (Wildman–Crippen MR) is 79.4 cm³/mol. The first-order chi connectivity index (χ1) is 9.57. The molecule has 2 fully saturated rings. The minimum atomic E-state index is 0.0648. The SMILES string of the molecule is CC1(C)CCC(n2cncc2C(N)C2CCOC2)CC1. The van der Waals surface area contributed by atoms with Crippen LogP contribution >= 0.6 is 0 Å². The molecule has 0 amide bonds. The van der Waals surface area contributed by atoms with Gasteiger partial charge in [-0.25, -0.2) is 4.98 Å². The zero-order valence-electron chi connectivity index (χ0n) is 12.7. The average molecular weight is 277 g/mol. The summed E-state index contributed by atoms with van der Waals surface area (Å²) >= 11 is 0. The van der Waals surface area contributed by atoms with Gasteiger partial charge in [0.1, 0.15) is 0 Å². The highest BCUT2D eigenvalue weighted by Gasteiger charge is 2.31. The third kappa shape index (κ3) is 2.77. The Labute approximate surface area is 121 Å². The zero-order valence-corrected chi connectivity index (χ0v) is 12.7. The van der Waals surface area contributed by atoms with Crippen molar-refractivity contribution in [2.45, 2.75) is 58.0 Å². The molecule has 1 saturated carbocycles. The van der Waals surface area contributed by atoms with Crippen LogP contribution in [0.15, 0.2) is 12.5 Å². The number of hydrogen-bond donors (Lipinski definition) is 1. The van der Waals surface area contributed by atoms with E-state index < -0.39 is 0 Å². The number of nitrogens with two attached hydrogens (primary N) is 1. The standard InChI is InChI=1S/C16H27N3O/c1-16(2)6-3-13(4-7-16)19-11-18-9-14(19)15(17)12-5-8-20-10-12/h9,11-13,15H,3-8,10,17H2,1-2H3. The summed E-state index contributed by atoms with van der Waals surface area (Å²) in [6.45, 7) is 6.40. The first-order valence-electron chi connectivity index (χ1n) is 7.92. The lowest BCUT2D eigenvalue weighted by Gasteiger charge is -2.36. The summed E-state index contributed by atoms with van der Waals surface area (Å²) in [6, 6.07) is 0.642. The van der Waals surface area contributed by atoms with Crippen molar-refractivity contribution < 1.29 is 4.74 Å². The highest BCUT2D eigenvalue weighted by Crippen LogP contribution is 2.41. The summed E-state index contributed by atoms with van der Waals surface area (Å²) in [5, 5.41) is 0. The van der Waals surface area contributed by atoms with E-state index in [0.29, 0.717) is 17.4 Å². The second-order valence-corrected chi connectivity index (χ2v) is 7.27. The monoisotopic (exact) mass is 277 g/mol. The number of ether oxygens (including phenoxy) is 1. The van der Waals surface area contributed by atoms with Gasteiger partial charge in [0.25, 0.3) is 0 Å². The molecule has 1 aliphatic heterocycles. The van der Waals surface area contributed by atoms with Crippen LogP contribution in [-0.2, 0) is 4.74 Å². The van der Waals surface area contributed by atoms with E-state index >= 15 is 0 Å². The molecule has 2 unspecified atom stereocenters. The fraction of sp³-hybridized carbons (Fsp3) is 0.812. The molecule has 20 heavy (non-hydrogen) atoms. The number of imidazole rings is 1. The molecule has 1 saturated heterocycles. The quantitative estimate of drug-likeness (QED) is 0.924. The molecule has 1 aromatic rings. The van der Waals surface area contributed by atoms with E-state index in [-0.39, 0.29) is 6.04 Å². The zero-order chi connectivity index (χ0) is 14.2. The van der Waals surface area contributed by atoms with Gasteiger partial charge in [0, 0.05) is 24.8 Å². The molecule has 0 aromatic carbocycles. The Morgan fingerprint density at radius 1 is 1.35 bits per heavy atom. The van der Waals surface area contributed by atoms with E-state index in [1.807, 2.05) is 12.5 Å². The lowest BCUT2D eigenvalue weighted by Crippen LogP contribution is -2.28. The van der Waals surface area contributed by atoms with Gasteiger partial charge in [0.05, 0.1) is 24.7 Å². The van der Waals surface area contributed by atoms with Gasteiger partial charge >= 0.3 is 0 Å². The second-order valence-electron chi connectivity index (χ2n) is 7.27. The molecule has 4 heteroatoms. The maximum atomic E-state index is 6.46. The van der Waals surface area contributed by atoms with Gasteiger partial charge in [-0.2, -0.15) is 0 Å². The van der Waals surface area contributed by atoms with Crippen molar-refractivity contribution in [1.82, 2.24) is 9.55 Å². The summed E-state index contributed by atoms with van der Waals surface area (Å²) in [5.41, 5.74) is 8.16. The van der Waals surface area contributed by atoms with E-state index in [1.54, 1.807) is 0 Å². The molecule has 1 aliphatic carbocycles. The fourth-order valence-electron chi connectivity index (χ4n) is 3.62. The van der Waals surface area contributed by atoms with Crippen molar-refractivity contribution in [2.75, 3.05) is 13.2 Å². The number of hydrogen-bond acceptors (Lipinski definition) is 3. The van der Waals surface area contributed by atoms with Crippen LogP contribution in [0, 0.1) is 11.3 Å². The summed E-state index contributed by atoms with van der Waals surface area (Å²) < 4.78 is 7.82. The smallest absolute Gasteiger partial charge is 0.0951 e. The van der Waals surface area contributed by atoms with E-state index in [2.05, 4.69) is 23.4 Å². The largest absolute Gasteiger partial charge is 0.381 e. The number of nitrogens with zero attached hydrogens (tertiary/aromatic N) is 2. The Morgan fingerprint density at radius 2 is 2.10 bits per heavy atom. The summed E-state index contributed by atoms with van der Waals surface area (Å²) in [5.74, 6) is 0.450. The van der Waals surface area contributed by atoms with Crippen LogP contribution in [0.3, 0.4) is 0 Å². The molecule has 3 rings (SSSR count). The van der Waals surface area contributed by atoms with Gasteiger partial charge in [-0.3, -0.25) is 0 Å². The molecule has 0 radical (unpaired) electrons. The highest BCUT2D eigenvalue weighted by atomic mass is 16.5. The predicted octanol–water partition coefficient (Wildman–Crippen LogP) is 3.06. The topological polar surface area (TPSA) is 53.1 Å². The Kier molecular flexibility index (Phi) is 3.87. The first-order valence-corrected chi connectivity index (χ1v) is 7.92. The van der Waals surface area contributed by atoms with Crippen molar-refractivity contribution in [1.29, 1.82) is 0 Å². The first kappa shape index (κ1) is 14.1. The van der Waals surface area contributed by atoms with Crippen LogP contribution < -0.4 is 5.73 Å². The van der Waals surface area contributed by atoms with Gasteiger partial charge < -0.3 is 15.0 Å². The van der Waals surface area contributed by atoms with Crippen LogP contribution in [-0.4, -0.2) is 22.8 Å². The molecule has 0 spiro atoms. The van der Waals surface area contributed by atoms with Crippen LogP contribution in [0.4, 0.5) is 0 Å². The van der Waals surface area contributed by atoms with Crippen molar-refractivity contribution in [3.63, 3.8) is 0 Å². The van der Waals surface area contributed by atoms with Gasteiger partial charge in [-0.1, -0.05) is 13.8 Å². The molecule has 112 valence electrons. The van der Waals surface area contributed by atoms with Gasteiger partial charge in [-0.05, 0) is 37.5 Å². The molecule has 2 atom stereocenters. The Morgan fingerprint density at radius 3 is 2.75 bits per heavy atom.